The van der Waals surface area contributed by atoms with E-state index in [0.29, 0.717) is 28.9 Å². The number of carbonyl (C=O) groups excluding carboxylic acids is 3. The average molecular weight is 489 g/mol. The van der Waals surface area contributed by atoms with E-state index in [1.54, 1.807) is 68.4 Å². The molecule has 0 aliphatic heterocycles. The van der Waals surface area contributed by atoms with E-state index in [1.807, 2.05) is 0 Å². The van der Waals surface area contributed by atoms with Gasteiger partial charge in [0.05, 0.1) is 12.2 Å². The number of halogens is 1. The Labute approximate surface area is 208 Å². The molecule has 0 spiro atoms. The Kier molecular flexibility index (Phi) is 8.52. The highest BCUT2D eigenvalue weighted by molar-refractivity contribution is 5.92. The minimum Gasteiger partial charge on any atom is -0.462 e. The van der Waals surface area contributed by atoms with Crippen molar-refractivity contribution in [3.05, 3.63) is 108 Å². The van der Waals surface area contributed by atoms with Crippen LogP contribution in [0.4, 0.5) is 4.39 Å². The van der Waals surface area contributed by atoms with Gasteiger partial charge in [-0.05, 0) is 66.9 Å². The molecule has 0 aliphatic rings. The summed E-state index contributed by atoms with van der Waals surface area (Å²) in [6.45, 7) is 10.4. The third-order valence-electron chi connectivity index (χ3n) is 5.04. The summed E-state index contributed by atoms with van der Waals surface area (Å²) in [5.74, 6) is -1.95. The summed E-state index contributed by atoms with van der Waals surface area (Å²) in [5, 5.41) is 0. The first kappa shape index (κ1) is 26.1. The summed E-state index contributed by atoms with van der Waals surface area (Å²) < 4.78 is 30.2. The molecule has 0 aliphatic carbocycles. The molecule has 3 aromatic carbocycles. The quantitative estimate of drug-likeness (QED) is 0.213. The van der Waals surface area contributed by atoms with Crippen LogP contribution in [-0.2, 0) is 20.7 Å². The Morgan fingerprint density at radius 3 is 1.89 bits per heavy atom. The predicted octanol–water partition coefficient (Wildman–Crippen LogP) is 5.86. The first-order chi connectivity index (χ1) is 17.1. The largest absolute Gasteiger partial charge is 0.462 e. The van der Waals surface area contributed by atoms with Crippen molar-refractivity contribution in [1.29, 1.82) is 0 Å². The van der Waals surface area contributed by atoms with Gasteiger partial charge in [0.1, 0.15) is 17.3 Å². The maximum atomic E-state index is 14.7. The van der Waals surface area contributed by atoms with Gasteiger partial charge in [0.15, 0.2) is 0 Å². The van der Waals surface area contributed by atoms with E-state index in [4.69, 9.17) is 14.2 Å². The molecule has 0 heterocycles. The van der Waals surface area contributed by atoms with Gasteiger partial charge in [-0.2, -0.15) is 0 Å². The zero-order valence-corrected chi connectivity index (χ0v) is 20.0. The zero-order valence-electron chi connectivity index (χ0n) is 20.0. The number of hydrogen-bond acceptors (Lipinski definition) is 6. The van der Waals surface area contributed by atoms with Crippen LogP contribution in [-0.4, -0.2) is 24.5 Å². The lowest BCUT2D eigenvalue weighted by molar-refractivity contribution is -0.138. The molecule has 0 amide bonds. The molecule has 0 aromatic heterocycles. The van der Waals surface area contributed by atoms with E-state index >= 15 is 0 Å². The van der Waals surface area contributed by atoms with Crippen molar-refractivity contribution < 1.29 is 33.0 Å². The second-order valence-electron chi connectivity index (χ2n) is 8.09. The Morgan fingerprint density at radius 2 is 1.31 bits per heavy atom. The number of carbonyl (C=O) groups is 3. The van der Waals surface area contributed by atoms with Crippen molar-refractivity contribution in [3.63, 3.8) is 0 Å². The molecule has 3 aromatic rings. The molecule has 0 bridgehead atoms. The molecular weight excluding hydrogens is 463 g/mol. The summed E-state index contributed by atoms with van der Waals surface area (Å²) in [6, 6.07) is 17.3. The third kappa shape index (κ3) is 6.99. The van der Waals surface area contributed by atoms with Crippen molar-refractivity contribution in [3.8, 4) is 22.6 Å². The van der Waals surface area contributed by atoms with E-state index in [0.717, 1.165) is 5.56 Å². The van der Waals surface area contributed by atoms with Crippen LogP contribution in [0.1, 0.15) is 29.8 Å². The summed E-state index contributed by atoms with van der Waals surface area (Å²) in [7, 11) is 0. The van der Waals surface area contributed by atoms with E-state index in [9.17, 15) is 18.8 Å². The van der Waals surface area contributed by atoms with E-state index < -0.39 is 23.7 Å². The van der Waals surface area contributed by atoms with Crippen LogP contribution in [0.5, 0.6) is 11.5 Å². The van der Waals surface area contributed by atoms with Crippen molar-refractivity contribution >= 4 is 17.9 Å². The topological polar surface area (TPSA) is 78.9 Å². The lowest BCUT2D eigenvalue weighted by atomic mass is 10.0. The summed E-state index contributed by atoms with van der Waals surface area (Å²) in [4.78, 5) is 35.5. The van der Waals surface area contributed by atoms with Gasteiger partial charge in [0, 0.05) is 17.6 Å². The fraction of sp³-hybridized carbons (Fsp3) is 0.138. The molecule has 3 rings (SSSR count). The minimum atomic E-state index is -0.829. The predicted molar refractivity (Wildman–Crippen MR) is 133 cm³/mol. The number of benzene rings is 3. The SMILES string of the molecule is C=C(C)C(=O)OCCc1ccc(OC(=O)c2ccc(-c3ccc(OC(=O)C(=C)C)cc3)cc2F)cc1. The Bertz CT molecular complexity index is 1310. The molecule has 0 atom stereocenters. The number of ether oxygens (including phenoxy) is 3. The van der Waals surface area contributed by atoms with E-state index in [-0.39, 0.29) is 23.5 Å². The summed E-state index contributed by atoms with van der Waals surface area (Å²) >= 11 is 0. The van der Waals surface area contributed by atoms with Gasteiger partial charge in [-0.15, -0.1) is 0 Å². The molecule has 6 nitrogen and oxygen atoms in total. The monoisotopic (exact) mass is 488 g/mol. The average Bonchev–Trinajstić information content (AvgIpc) is 2.85. The lowest BCUT2D eigenvalue weighted by Crippen LogP contribution is -2.11. The van der Waals surface area contributed by atoms with Crippen LogP contribution in [0.15, 0.2) is 91.0 Å². The highest BCUT2D eigenvalue weighted by Gasteiger charge is 2.16. The molecule has 0 saturated carbocycles. The minimum absolute atomic E-state index is 0.199. The van der Waals surface area contributed by atoms with Crippen LogP contribution in [0.2, 0.25) is 0 Å². The zero-order chi connectivity index (χ0) is 26.2. The van der Waals surface area contributed by atoms with Crippen LogP contribution < -0.4 is 9.47 Å². The lowest BCUT2D eigenvalue weighted by Gasteiger charge is -2.09. The molecule has 36 heavy (non-hydrogen) atoms. The molecule has 0 fully saturated rings. The van der Waals surface area contributed by atoms with Gasteiger partial charge in [0.2, 0.25) is 0 Å². The third-order valence-corrected chi connectivity index (χ3v) is 5.04. The Hall–Kier alpha value is -4.52. The second kappa shape index (κ2) is 11.8. The van der Waals surface area contributed by atoms with Gasteiger partial charge in [-0.1, -0.05) is 43.5 Å². The first-order valence-electron chi connectivity index (χ1n) is 11.1. The maximum Gasteiger partial charge on any atom is 0.346 e. The highest BCUT2D eigenvalue weighted by Crippen LogP contribution is 2.25. The maximum absolute atomic E-state index is 14.7. The van der Waals surface area contributed by atoms with Crippen molar-refractivity contribution in [1.82, 2.24) is 0 Å². The number of rotatable bonds is 9. The standard InChI is InChI=1S/C29H25FO6/c1-18(2)27(31)34-16-15-20-5-10-23(11-6-20)36-29(33)25-14-9-22(17-26(25)30)21-7-12-24(13-8-21)35-28(32)19(3)4/h5-14,17H,1,3,15-16H2,2,4H3. The Morgan fingerprint density at radius 1 is 0.750 bits per heavy atom. The van der Waals surface area contributed by atoms with Crippen molar-refractivity contribution in [2.75, 3.05) is 6.61 Å². The Balaban J connectivity index is 1.61. The molecule has 184 valence electrons. The second-order valence-corrected chi connectivity index (χ2v) is 8.09. The van der Waals surface area contributed by atoms with E-state index in [2.05, 4.69) is 13.2 Å². The van der Waals surface area contributed by atoms with Crippen LogP contribution in [0, 0.1) is 5.82 Å². The van der Waals surface area contributed by atoms with Gasteiger partial charge >= 0.3 is 17.9 Å². The first-order valence-corrected chi connectivity index (χ1v) is 11.1. The van der Waals surface area contributed by atoms with Crippen LogP contribution >= 0.6 is 0 Å². The number of esters is 3. The summed E-state index contributed by atoms with van der Waals surface area (Å²) in [5.41, 5.74) is 2.49. The molecule has 0 saturated heterocycles. The summed E-state index contributed by atoms with van der Waals surface area (Å²) in [6.07, 6.45) is 0.487. The van der Waals surface area contributed by atoms with E-state index in [1.165, 1.54) is 12.1 Å². The normalized spacial score (nSPS) is 10.3. The molecule has 0 radical (unpaired) electrons. The fourth-order valence-corrected chi connectivity index (χ4v) is 3.04. The van der Waals surface area contributed by atoms with Crippen LogP contribution in [0.3, 0.4) is 0 Å². The molecular formula is C29H25FO6. The van der Waals surface area contributed by atoms with Gasteiger partial charge in [-0.3, -0.25) is 0 Å². The highest BCUT2D eigenvalue weighted by atomic mass is 19.1. The van der Waals surface area contributed by atoms with Gasteiger partial charge < -0.3 is 14.2 Å². The van der Waals surface area contributed by atoms with Crippen molar-refractivity contribution in [2.45, 2.75) is 20.3 Å². The van der Waals surface area contributed by atoms with Crippen LogP contribution in [0.25, 0.3) is 11.1 Å². The molecule has 7 heteroatoms. The van der Waals surface area contributed by atoms with Gasteiger partial charge in [0.25, 0.3) is 0 Å². The van der Waals surface area contributed by atoms with Gasteiger partial charge in [-0.25, -0.2) is 18.8 Å². The smallest absolute Gasteiger partial charge is 0.346 e. The fourth-order valence-electron chi connectivity index (χ4n) is 3.04. The number of hydrogen-bond donors (Lipinski definition) is 0. The molecule has 0 N–H and O–H groups in total. The molecule has 0 unspecified atom stereocenters. The van der Waals surface area contributed by atoms with Crippen molar-refractivity contribution in [2.24, 2.45) is 0 Å².